The lowest BCUT2D eigenvalue weighted by atomic mass is 9.83. The van der Waals surface area contributed by atoms with E-state index in [1.165, 1.54) is 5.32 Å². The van der Waals surface area contributed by atoms with Gasteiger partial charge in [0.15, 0.2) is 0 Å². The molecule has 4 nitrogen and oxygen atoms in total. The highest BCUT2D eigenvalue weighted by Gasteiger charge is 2.47. The maximum Gasteiger partial charge on any atom is 0.471 e. The number of ether oxygens (including phenoxy) is 1. The van der Waals surface area contributed by atoms with Crippen LogP contribution >= 0.6 is 0 Å². The van der Waals surface area contributed by atoms with Gasteiger partial charge in [0.1, 0.15) is 0 Å². The molecule has 0 saturated heterocycles. The highest BCUT2D eigenvalue weighted by atomic mass is 19.4. The molecule has 2 atom stereocenters. The van der Waals surface area contributed by atoms with Gasteiger partial charge in [-0.15, -0.1) is 0 Å². The van der Waals surface area contributed by atoms with Gasteiger partial charge >= 0.3 is 18.1 Å². The van der Waals surface area contributed by atoms with Crippen molar-refractivity contribution in [1.29, 1.82) is 0 Å². The molecule has 1 rings (SSSR count). The van der Waals surface area contributed by atoms with Crippen LogP contribution in [0.3, 0.4) is 0 Å². The number of halogens is 5. The topological polar surface area (TPSA) is 55.4 Å². The van der Waals surface area contributed by atoms with Gasteiger partial charge in [0.05, 0.1) is 13.0 Å². The van der Waals surface area contributed by atoms with Gasteiger partial charge in [-0.25, -0.2) is 8.78 Å². The molecule has 0 heterocycles. The molecule has 1 unspecified atom stereocenters. The van der Waals surface area contributed by atoms with Crippen LogP contribution in [-0.2, 0) is 14.3 Å². The summed E-state index contributed by atoms with van der Waals surface area (Å²) in [6, 6.07) is -1.41. The van der Waals surface area contributed by atoms with E-state index in [1.54, 1.807) is 0 Å². The SMILES string of the molecule is COC(=O)C1C[C@H](NC(=O)C(F)(F)F)CC(F)(F)C1. The van der Waals surface area contributed by atoms with Crippen LogP contribution in [0, 0.1) is 5.92 Å². The smallest absolute Gasteiger partial charge is 0.469 e. The average Bonchev–Trinajstić information content (AvgIpc) is 2.24. The first kappa shape index (κ1) is 15.6. The van der Waals surface area contributed by atoms with E-state index in [0.29, 0.717) is 0 Å². The first-order chi connectivity index (χ1) is 8.55. The summed E-state index contributed by atoms with van der Waals surface area (Å²) in [5.74, 6) is -7.77. The number of carbonyl (C=O) groups is 2. The van der Waals surface area contributed by atoms with Crippen molar-refractivity contribution >= 4 is 11.9 Å². The molecule has 0 aromatic carbocycles. The van der Waals surface area contributed by atoms with Crippen LogP contribution in [0.4, 0.5) is 22.0 Å². The first-order valence-corrected chi connectivity index (χ1v) is 5.38. The van der Waals surface area contributed by atoms with Crippen LogP contribution < -0.4 is 5.32 Å². The minimum atomic E-state index is -5.15. The van der Waals surface area contributed by atoms with Crippen molar-refractivity contribution < 1.29 is 36.3 Å². The summed E-state index contributed by atoms with van der Waals surface area (Å²) < 4.78 is 67.0. The first-order valence-electron chi connectivity index (χ1n) is 5.38. The zero-order chi connectivity index (χ0) is 14.8. The molecule has 9 heteroatoms. The van der Waals surface area contributed by atoms with Gasteiger partial charge in [0.25, 0.3) is 5.92 Å². The van der Waals surface area contributed by atoms with E-state index in [4.69, 9.17) is 0 Å². The Morgan fingerprint density at radius 1 is 1.26 bits per heavy atom. The van der Waals surface area contributed by atoms with Crippen LogP contribution in [0.15, 0.2) is 0 Å². The number of methoxy groups -OCH3 is 1. The average molecular weight is 289 g/mol. The summed E-state index contributed by atoms with van der Waals surface area (Å²) >= 11 is 0. The number of amides is 1. The van der Waals surface area contributed by atoms with Crippen molar-refractivity contribution in [1.82, 2.24) is 5.32 Å². The molecule has 1 fully saturated rings. The quantitative estimate of drug-likeness (QED) is 0.621. The minimum absolute atomic E-state index is 0.302. The second kappa shape index (κ2) is 5.30. The number of nitrogens with one attached hydrogen (secondary N) is 1. The summed E-state index contributed by atoms with van der Waals surface area (Å²) in [5, 5.41) is 1.47. The number of hydrogen-bond donors (Lipinski definition) is 1. The Bertz CT molecular complexity index is 369. The van der Waals surface area contributed by atoms with Crippen molar-refractivity contribution in [3.63, 3.8) is 0 Å². The molecule has 0 bridgehead atoms. The van der Waals surface area contributed by atoms with Crippen molar-refractivity contribution in [3.05, 3.63) is 0 Å². The van der Waals surface area contributed by atoms with E-state index >= 15 is 0 Å². The molecule has 1 amide bonds. The van der Waals surface area contributed by atoms with E-state index < -0.39 is 48.8 Å². The predicted octanol–water partition coefficient (Wildman–Crippen LogP) is 1.64. The summed E-state index contributed by atoms with van der Waals surface area (Å²) in [6.07, 6.45) is -7.17. The third-order valence-electron chi connectivity index (χ3n) is 2.79. The summed E-state index contributed by atoms with van der Waals surface area (Å²) in [5.41, 5.74) is 0. The molecule has 0 spiro atoms. The molecule has 1 aliphatic rings. The Labute approximate surface area is 105 Å². The van der Waals surface area contributed by atoms with Crippen LogP contribution in [-0.4, -0.2) is 37.1 Å². The molecule has 0 aromatic heterocycles. The van der Waals surface area contributed by atoms with Gasteiger partial charge in [-0.3, -0.25) is 9.59 Å². The van der Waals surface area contributed by atoms with Crippen molar-refractivity contribution in [2.75, 3.05) is 7.11 Å². The third-order valence-corrected chi connectivity index (χ3v) is 2.79. The number of hydrogen-bond acceptors (Lipinski definition) is 3. The zero-order valence-corrected chi connectivity index (χ0v) is 9.89. The van der Waals surface area contributed by atoms with Gasteiger partial charge < -0.3 is 10.1 Å². The summed E-state index contributed by atoms with van der Waals surface area (Å²) in [7, 11) is 0.998. The highest BCUT2D eigenvalue weighted by Crippen LogP contribution is 2.37. The summed E-state index contributed by atoms with van der Waals surface area (Å²) in [4.78, 5) is 21.9. The van der Waals surface area contributed by atoms with E-state index in [2.05, 4.69) is 4.74 Å². The van der Waals surface area contributed by atoms with Crippen LogP contribution in [0.1, 0.15) is 19.3 Å². The lowest BCUT2D eigenvalue weighted by Crippen LogP contribution is -2.50. The molecule has 1 saturated carbocycles. The fourth-order valence-electron chi connectivity index (χ4n) is 2.04. The fraction of sp³-hybridized carbons (Fsp3) is 0.800. The number of esters is 1. The molecular formula is C10H12F5NO3. The minimum Gasteiger partial charge on any atom is -0.469 e. The highest BCUT2D eigenvalue weighted by molar-refractivity contribution is 5.82. The normalized spacial score (nSPS) is 26.6. The van der Waals surface area contributed by atoms with E-state index in [1.807, 2.05) is 0 Å². The van der Waals surface area contributed by atoms with E-state index in [0.717, 1.165) is 7.11 Å². The maximum atomic E-state index is 13.3. The Kier molecular flexibility index (Phi) is 4.36. The van der Waals surface area contributed by atoms with Crippen LogP contribution in [0.25, 0.3) is 0 Å². The van der Waals surface area contributed by atoms with Gasteiger partial charge in [0, 0.05) is 18.9 Å². The molecule has 1 aliphatic carbocycles. The Morgan fingerprint density at radius 2 is 1.84 bits per heavy atom. The standard InChI is InChI=1S/C10H12F5NO3/c1-19-7(17)5-2-6(4-9(11,12)3-5)16-8(18)10(13,14)15/h5-6H,2-4H2,1H3,(H,16,18)/t5?,6-/m0/s1. The molecule has 0 aliphatic heterocycles. The number of carbonyl (C=O) groups excluding carboxylic acids is 2. The third kappa shape index (κ3) is 4.32. The Hall–Kier alpha value is -1.41. The monoisotopic (exact) mass is 289 g/mol. The molecule has 110 valence electrons. The van der Waals surface area contributed by atoms with Crippen molar-refractivity contribution in [3.8, 4) is 0 Å². The van der Waals surface area contributed by atoms with Gasteiger partial charge in [-0.1, -0.05) is 0 Å². The number of alkyl halides is 5. The second-order valence-electron chi connectivity index (χ2n) is 4.39. The second-order valence-corrected chi connectivity index (χ2v) is 4.39. The van der Waals surface area contributed by atoms with Crippen molar-refractivity contribution in [2.24, 2.45) is 5.92 Å². The lowest BCUT2D eigenvalue weighted by molar-refractivity contribution is -0.176. The van der Waals surface area contributed by atoms with Gasteiger partial charge in [-0.05, 0) is 6.42 Å². The maximum absolute atomic E-state index is 13.3. The van der Waals surface area contributed by atoms with Crippen LogP contribution in [0.5, 0.6) is 0 Å². The Balaban J connectivity index is 2.74. The van der Waals surface area contributed by atoms with Crippen LogP contribution in [0.2, 0.25) is 0 Å². The Morgan fingerprint density at radius 3 is 2.32 bits per heavy atom. The number of rotatable bonds is 2. The summed E-state index contributed by atoms with van der Waals surface area (Å²) in [6.45, 7) is 0. The van der Waals surface area contributed by atoms with Gasteiger partial charge in [0.2, 0.25) is 0 Å². The molecular weight excluding hydrogens is 277 g/mol. The predicted molar refractivity (Wildman–Crippen MR) is 52.3 cm³/mol. The van der Waals surface area contributed by atoms with Gasteiger partial charge in [-0.2, -0.15) is 13.2 Å². The van der Waals surface area contributed by atoms with E-state index in [9.17, 15) is 31.5 Å². The molecule has 0 radical (unpaired) electrons. The van der Waals surface area contributed by atoms with Crippen molar-refractivity contribution in [2.45, 2.75) is 37.4 Å². The molecule has 19 heavy (non-hydrogen) atoms. The fourth-order valence-corrected chi connectivity index (χ4v) is 2.04. The van der Waals surface area contributed by atoms with E-state index in [-0.39, 0.29) is 6.42 Å². The molecule has 1 N–H and O–H groups in total. The zero-order valence-electron chi connectivity index (χ0n) is 9.89. The lowest BCUT2D eigenvalue weighted by Gasteiger charge is -2.33. The molecule has 0 aromatic rings. The largest absolute Gasteiger partial charge is 0.471 e.